The number of amides is 1. The smallest absolute Gasteiger partial charge is 0.231 e. The summed E-state index contributed by atoms with van der Waals surface area (Å²) in [5.74, 6) is -0.441. The monoisotopic (exact) mass is 366 g/mol. The van der Waals surface area contributed by atoms with Crippen molar-refractivity contribution < 1.29 is 9.53 Å². The summed E-state index contributed by atoms with van der Waals surface area (Å²) in [6.45, 7) is 0.799. The zero-order chi connectivity index (χ0) is 12.4. The molecule has 2 rings (SSSR count). The quantitative estimate of drug-likeness (QED) is 0.785. The van der Waals surface area contributed by atoms with Crippen LogP contribution >= 0.6 is 34.2 Å². The van der Waals surface area contributed by atoms with Gasteiger partial charge in [-0.3, -0.25) is 4.79 Å². The van der Waals surface area contributed by atoms with E-state index < -0.39 is 0 Å². The second-order valence-electron chi connectivity index (χ2n) is 3.92. The molecule has 1 aromatic carbocycles. The van der Waals surface area contributed by atoms with Gasteiger partial charge in [0, 0.05) is 9.61 Å². The molecule has 0 aromatic heterocycles. The van der Waals surface area contributed by atoms with Crippen LogP contribution in [0, 0.1) is 9.49 Å². The van der Waals surface area contributed by atoms with Gasteiger partial charge in [-0.2, -0.15) is 0 Å². The SMILES string of the molecule is NC1COCC1C(=O)Nc1ccc(I)cc1Cl. The minimum atomic E-state index is -0.301. The summed E-state index contributed by atoms with van der Waals surface area (Å²) < 4.78 is 6.18. The van der Waals surface area contributed by atoms with Gasteiger partial charge in [0.1, 0.15) is 0 Å². The van der Waals surface area contributed by atoms with E-state index in [1.165, 1.54) is 0 Å². The average molecular weight is 367 g/mol. The van der Waals surface area contributed by atoms with E-state index in [0.29, 0.717) is 23.9 Å². The Morgan fingerprint density at radius 2 is 2.29 bits per heavy atom. The average Bonchev–Trinajstić information content (AvgIpc) is 2.68. The highest BCUT2D eigenvalue weighted by Gasteiger charge is 2.31. The molecule has 1 amide bonds. The number of benzene rings is 1. The van der Waals surface area contributed by atoms with Gasteiger partial charge in [0.2, 0.25) is 5.91 Å². The molecule has 1 aromatic rings. The van der Waals surface area contributed by atoms with Crippen molar-refractivity contribution in [3.8, 4) is 0 Å². The van der Waals surface area contributed by atoms with Crippen LogP contribution < -0.4 is 11.1 Å². The minimum absolute atomic E-state index is 0.141. The number of halogens is 2. The Bertz CT molecular complexity index is 441. The van der Waals surface area contributed by atoms with Crippen LogP contribution in [0.4, 0.5) is 5.69 Å². The van der Waals surface area contributed by atoms with Crippen molar-refractivity contribution in [2.75, 3.05) is 18.5 Å². The van der Waals surface area contributed by atoms with Crippen molar-refractivity contribution in [2.24, 2.45) is 11.7 Å². The molecule has 0 spiro atoms. The fraction of sp³-hybridized carbons (Fsp3) is 0.364. The Kier molecular flexibility index (Phi) is 4.24. The fourth-order valence-corrected chi connectivity index (χ4v) is 2.56. The van der Waals surface area contributed by atoms with E-state index in [9.17, 15) is 4.79 Å². The Balaban J connectivity index is 2.07. The Morgan fingerprint density at radius 1 is 1.53 bits per heavy atom. The molecule has 17 heavy (non-hydrogen) atoms. The van der Waals surface area contributed by atoms with Crippen molar-refractivity contribution in [3.05, 3.63) is 26.8 Å². The molecular formula is C11H12ClIN2O2. The topological polar surface area (TPSA) is 64.3 Å². The standard InChI is InChI=1S/C11H12ClIN2O2/c12-8-3-6(13)1-2-10(8)15-11(16)7-4-17-5-9(7)14/h1-3,7,9H,4-5,14H2,(H,15,16). The first-order valence-corrected chi connectivity index (χ1v) is 6.63. The maximum Gasteiger partial charge on any atom is 0.231 e. The summed E-state index contributed by atoms with van der Waals surface area (Å²) in [5, 5.41) is 3.30. The maximum absolute atomic E-state index is 11.9. The van der Waals surface area contributed by atoms with Crippen molar-refractivity contribution >= 4 is 45.8 Å². The van der Waals surface area contributed by atoms with E-state index in [2.05, 4.69) is 27.9 Å². The van der Waals surface area contributed by atoms with Crippen LogP contribution in [-0.4, -0.2) is 25.2 Å². The second-order valence-corrected chi connectivity index (χ2v) is 5.57. The summed E-state index contributed by atoms with van der Waals surface area (Å²) in [4.78, 5) is 11.9. The summed E-state index contributed by atoms with van der Waals surface area (Å²) in [6, 6.07) is 5.22. The van der Waals surface area contributed by atoms with Crippen LogP contribution in [0.5, 0.6) is 0 Å². The number of nitrogens with two attached hydrogens (primary N) is 1. The summed E-state index contributed by atoms with van der Waals surface area (Å²) in [5.41, 5.74) is 6.38. The Labute approximate surface area is 118 Å². The molecular weight excluding hydrogens is 354 g/mol. The molecule has 1 heterocycles. The van der Waals surface area contributed by atoms with Gasteiger partial charge in [0.05, 0.1) is 29.8 Å². The lowest BCUT2D eigenvalue weighted by Gasteiger charge is -2.14. The van der Waals surface area contributed by atoms with E-state index in [4.69, 9.17) is 22.1 Å². The lowest BCUT2D eigenvalue weighted by Crippen LogP contribution is -2.37. The van der Waals surface area contributed by atoms with Crippen LogP contribution in [0.3, 0.4) is 0 Å². The summed E-state index contributed by atoms with van der Waals surface area (Å²) >= 11 is 8.19. The largest absolute Gasteiger partial charge is 0.379 e. The molecule has 0 aliphatic carbocycles. The number of rotatable bonds is 2. The first-order chi connectivity index (χ1) is 8.08. The van der Waals surface area contributed by atoms with Gasteiger partial charge in [-0.25, -0.2) is 0 Å². The van der Waals surface area contributed by atoms with E-state index in [1.807, 2.05) is 6.07 Å². The normalized spacial score (nSPS) is 23.7. The summed E-state index contributed by atoms with van der Waals surface area (Å²) in [7, 11) is 0. The highest BCUT2D eigenvalue weighted by molar-refractivity contribution is 14.1. The van der Waals surface area contributed by atoms with Crippen molar-refractivity contribution in [2.45, 2.75) is 6.04 Å². The van der Waals surface area contributed by atoms with E-state index in [1.54, 1.807) is 12.1 Å². The number of carbonyl (C=O) groups excluding carboxylic acids is 1. The van der Waals surface area contributed by atoms with Crippen LogP contribution in [0.15, 0.2) is 18.2 Å². The number of ether oxygens (including phenoxy) is 1. The number of hydrogen-bond donors (Lipinski definition) is 2. The van der Waals surface area contributed by atoms with Crippen molar-refractivity contribution in [1.29, 1.82) is 0 Å². The van der Waals surface area contributed by atoms with Gasteiger partial charge in [-0.15, -0.1) is 0 Å². The second kappa shape index (κ2) is 5.51. The third kappa shape index (κ3) is 3.09. The molecule has 1 fully saturated rings. The molecule has 1 saturated heterocycles. The first-order valence-electron chi connectivity index (χ1n) is 5.17. The highest BCUT2D eigenvalue weighted by atomic mass is 127. The zero-order valence-corrected chi connectivity index (χ0v) is 11.9. The van der Waals surface area contributed by atoms with Gasteiger partial charge in [-0.1, -0.05) is 11.6 Å². The van der Waals surface area contributed by atoms with Crippen LogP contribution in [-0.2, 0) is 9.53 Å². The van der Waals surface area contributed by atoms with Gasteiger partial charge < -0.3 is 15.8 Å². The number of nitrogens with one attached hydrogen (secondary N) is 1. The van der Waals surface area contributed by atoms with Crippen LogP contribution in [0.1, 0.15) is 0 Å². The molecule has 1 aliphatic rings. The van der Waals surface area contributed by atoms with Gasteiger partial charge in [0.25, 0.3) is 0 Å². The molecule has 92 valence electrons. The molecule has 4 nitrogen and oxygen atoms in total. The molecule has 3 N–H and O–H groups in total. The lowest BCUT2D eigenvalue weighted by atomic mass is 10.0. The van der Waals surface area contributed by atoms with Crippen LogP contribution in [0.25, 0.3) is 0 Å². The maximum atomic E-state index is 11.9. The Morgan fingerprint density at radius 3 is 2.88 bits per heavy atom. The molecule has 1 aliphatic heterocycles. The molecule has 6 heteroatoms. The minimum Gasteiger partial charge on any atom is -0.379 e. The number of anilines is 1. The predicted octanol–water partition coefficient (Wildman–Crippen LogP) is 1.86. The Hall–Kier alpha value is -0.370. The van der Waals surface area contributed by atoms with Crippen LogP contribution in [0.2, 0.25) is 5.02 Å². The number of carbonyl (C=O) groups is 1. The van der Waals surface area contributed by atoms with E-state index >= 15 is 0 Å². The van der Waals surface area contributed by atoms with Crippen molar-refractivity contribution in [1.82, 2.24) is 0 Å². The molecule has 0 bridgehead atoms. The molecule has 2 atom stereocenters. The lowest BCUT2D eigenvalue weighted by molar-refractivity contribution is -0.120. The van der Waals surface area contributed by atoms with E-state index in [-0.39, 0.29) is 17.9 Å². The van der Waals surface area contributed by atoms with Gasteiger partial charge >= 0.3 is 0 Å². The van der Waals surface area contributed by atoms with Gasteiger partial charge in [0.15, 0.2) is 0 Å². The zero-order valence-electron chi connectivity index (χ0n) is 8.95. The van der Waals surface area contributed by atoms with Crippen molar-refractivity contribution in [3.63, 3.8) is 0 Å². The third-order valence-corrected chi connectivity index (χ3v) is 3.63. The predicted molar refractivity (Wildman–Crippen MR) is 75.1 cm³/mol. The van der Waals surface area contributed by atoms with E-state index in [0.717, 1.165) is 3.57 Å². The first kappa shape index (κ1) is 13.1. The molecule has 0 saturated carbocycles. The highest BCUT2D eigenvalue weighted by Crippen LogP contribution is 2.25. The van der Waals surface area contributed by atoms with Gasteiger partial charge in [-0.05, 0) is 40.8 Å². The summed E-state index contributed by atoms with van der Waals surface area (Å²) in [6.07, 6.45) is 0. The molecule has 2 unspecified atom stereocenters. The third-order valence-electron chi connectivity index (χ3n) is 2.65. The number of hydrogen-bond acceptors (Lipinski definition) is 3. The fourth-order valence-electron chi connectivity index (χ4n) is 1.66. The molecule has 0 radical (unpaired) electrons.